The number of hydrogen-bond donors (Lipinski definition) is 0. The Hall–Kier alpha value is -6.85. The zero-order valence-corrected chi connectivity index (χ0v) is 50.9. The van der Waals surface area contributed by atoms with Crippen LogP contribution in [0.3, 0.4) is 0 Å². The van der Waals surface area contributed by atoms with E-state index in [2.05, 4.69) is 288 Å². The Bertz CT molecular complexity index is 3750. The lowest BCUT2D eigenvalue weighted by molar-refractivity contribution is 0.568. The molecule has 0 aliphatic carbocycles. The van der Waals surface area contributed by atoms with Crippen molar-refractivity contribution in [2.45, 2.75) is 183 Å². The molecule has 7 aromatic carbocycles. The molecule has 0 atom stereocenters. The molecule has 0 spiro atoms. The van der Waals surface area contributed by atoms with Crippen molar-refractivity contribution in [3.05, 3.63) is 172 Å². The molecule has 0 aliphatic rings. The highest BCUT2D eigenvalue weighted by Crippen LogP contribution is 2.47. The third-order valence-corrected chi connectivity index (χ3v) is 16.2. The largest absolute Gasteiger partial charge is 0.309 e. The molecule has 10 rings (SSSR count). The van der Waals surface area contributed by atoms with E-state index in [-0.39, 0.29) is 37.9 Å². The summed E-state index contributed by atoms with van der Waals surface area (Å²) in [6.45, 7) is 48.4. The lowest BCUT2D eigenvalue weighted by Crippen LogP contribution is -2.17. The summed E-state index contributed by atoms with van der Waals surface area (Å²) < 4.78 is 4.95. The van der Waals surface area contributed by atoms with Crippen molar-refractivity contribution in [2.24, 2.45) is 0 Å². The SMILES string of the molecule is CC(C)(C)c1cc(-c2nc(-c3cc(C(C)(C)C)cc(C(C)(C)C)c3)nc(-c3c(-n4c5ccc(C(C)(C)C)cc5c5cc(C(C)(C)C)ccc54)ccc4c3c3cc(C(C)(C)C)ccc3n4-c3ccccc3)n2)cc(C(C)(C)C)c1. The Labute approximate surface area is 466 Å². The molecular weight excluding hydrogens is 947 g/mol. The molecule has 0 amide bonds. The first-order valence-corrected chi connectivity index (χ1v) is 28.4. The summed E-state index contributed by atoms with van der Waals surface area (Å²) >= 11 is 0. The molecule has 0 unspecified atom stereocenters. The van der Waals surface area contributed by atoms with Gasteiger partial charge < -0.3 is 9.13 Å². The standard InChI is InChI=1S/C73H85N5/c1-67(2,3)46-27-30-57-54(41-46)55-42-47(68(4,5)6)28-31-58(55)78(57)61-34-33-60-62(56-43-48(69(7,8)9)29-32-59(56)77(60)53-25-23-22-24-26-53)63(61)66-75-64(44-35-49(70(10,11)12)39-50(36-44)71(13,14)15)74-65(76-66)45-37-51(72(16,17)18)40-52(38-45)73(19,20)21/h22-43H,1-21H3. The summed E-state index contributed by atoms with van der Waals surface area (Å²) in [7, 11) is 0. The van der Waals surface area contributed by atoms with Gasteiger partial charge in [-0.1, -0.05) is 194 Å². The van der Waals surface area contributed by atoms with Crippen LogP contribution in [-0.2, 0) is 37.9 Å². The Kier molecular flexibility index (Phi) is 12.8. The van der Waals surface area contributed by atoms with Crippen LogP contribution in [0, 0.1) is 0 Å². The van der Waals surface area contributed by atoms with Crippen molar-refractivity contribution in [1.82, 2.24) is 24.1 Å². The summed E-state index contributed by atoms with van der Waals surface area (Å²) in [6, 6.07) is 50.9. The van der Waals surface area contributed by atoms with E-state index in [0.717, 1.165) is 60.9 Å². The van der Waals surface area contributed by atoms with Crippen molar-refractivity contribution in [2.75, 3.05) is 0 Å². The van der Waals surface area contributed by atoms with Gasteiger partial charge in [-0.2, -0.15) is 0 Å². The van der Waals surface area contributed by atoms with Gasteiger partial charge in [-0.15, -0.1) is 0 Å². The van der Waals surface area contributed by atoms with E-state index in [9.17, 15) is 0 Å². The molecule has 0 aliphatic heterocycles. The maximum Gasteiger partial charge on any atom is 0.166 e. The van der Waals surface area contributed by atoms with Crippen molar-refractivity contribution in [3.8, 4) is 45.5 Å². The van der Waals surface area contributed by atoms with Gasteiger partial charge in [-0.3, -0.25) is 0 Å². The molecule has 3 aromatic heterocycles. The maximum absolute atomic E-state index is 5.88. The van der Waals surface area contributed by atoms with Gasteiger partial charge in [0.1, 0.15) is 0 Å². The fourth-order valence-corrected chi connectivity index (χ4v) is 11.0. The summed E-state index contributed by atoms with van der Waals surface area (Å²) in [5.74, 6) is 1.94. The van der Waals surface area contributed by atoms with Gasteiger partial charge in [0.25, 0.3) is 0 Å². The van der Waals surface area contributed by atoms with Crippen molar-refractivity contribution < 1.29 is 0 Å². The number of para-hydroxylation sites is 1. The topological polar surface area (TPSA) is 48.5 Å². The second-order valence-corrected chi connectivity index (χ2v) is 29.7. The van der Waals surface area contributed by atoms with Crippen molar-refractivity contribution in [1.29, 1.82) is 0 Å². The molecule has 402 valence electrons. The van der Waals surface area contributed by atoms with E-state index >= 15 is 0 Å². The first-order valence-electron chi connectivity index (χ1n) is 28.4. The molecule has 0 saturated carbocycles. The van der Waals surface area contributed by atoms with E-state index in [0.29, 0.717) is 17.5 Å². The highest BCUT2D eigenvalue weighted by Gasteiger charge is 2.30. The van der Waals surface area contributed by atoms with Crippen LogP contribution in [0.4, 0.5) is 0 Å². The summed E-state index contributed by atoms with van der Waals surface area (Å²) in [6.07, 6.45) is 0. The van der Waals surface area contributed by atoms with Gasteiger partial charge in [0, 0.05) is 38.4 Å². The van der Waals surface area contributed by atoms with E-state index in [4.69, 9.17) is 15.0 Å². The molecule has 0 saturated heterocycles. The minimum absolute atomic E-state index is 0.0513. The lowest BCUT2D eigenvalue weighted by atomic mass is 9.79. The third kappa shape index (κ3) is 10.0. The molecule has 5 nitrogen and oxygen atoms in total. The fraction of sp³-hybridized carbons (Fsp3) is 0.384. The van der Waals surface area contributed by atoms with Crippen LogP contribution in [-0.4, -0.2) is 24.1 Å². The number of fused-ring (bicyclic) bond motifs is 6. The van der Waals surface area contributed by atoms with Gasteiger partial charge >= 0.3 is 0 Å². The van der Waals surface area contributed by atoms with E-state index < -0.39 is 0 Å². The molecule has 5 heteroatoms. The monoisotopic (exact) mass is 1030 g/mol. The zero-order valence-electron chi connectivity index (χ0n) is 50.9. The lowest BCUT2D eigenvalue weighted by Gasteiger charge is -2.26. The van der Waals surface area contributed by atoms with Crippen molar-refractivity contribution >= 4 is 43.6 Å². The zero-order chi connectivity index (χ0) is 56.6. The number of hydrogen-bond acceptors (Lipinski definition) is 3. The van der Waals surface area contributed by atoms with Crippen LogP contribution in [0.15, 0.2) is 133 Å². The van der Waals surface area contributed by atoms with Crippen LogP contribution < -0.4 is 0 Å². The predicted octanol–water partition coefficient (Wildman–Crippen LogP) is 20.1. The Morgan fingerprint density at radius 1 is 0.282 bits per heavy atom. The fourth-order valence-electron chi connectivity index (χ4n) is 11.0. The third-order valence-electron chi connectivity index (χ3n) is 16.2. The quantitative estimate of drug-likeness (QED) is 0.173. The van der Waals surface area contributed by atoms with E-state index in [1.807, 2.05) is 0 Å². The summed E-state index contributed by atoms with van der Waals surface area (Å²) in [4.78, 5) is 17.4. The summed E-state index contributed by atoms with van der Waals surface area (Å²) in [5, 5.41) is 4.72. The summed E-state index contributed by atoms with van der Waals surface area (Å²) in [5.41, 5.74) is 17.7. The molecule has 0 N–H and O–H groups in total. The smallest absolute Gasteiger partial charge is 0.166 e. The first-order chi connectivity index (χ1) is 36.1. The molecule has 10 aromatic rings. The normalized spacial score (nSPS) is 13.4. The number of nitrogens with zero attached hydrogens (tertiary/aromatic N) is 5. The second kappa shape index (κ2) is 18.4. The van der Waals surface area contributed by atoms with E-state index in [1.54, 1.807) is 0 Å². The molecule has 78 heavy (non-hydrogen) atoms. The van der Waals surface area contributed by atoms with Crippen molar-refractivity contribution in [3.63, 3.8) is 0 Å². The molecule has 0 bridgehead atoms. The van der Waals surface area contributed by atoms with Crippen LogP contribution in [0.2, 0.25) is 0 Å². The van der Waals surface area contributed by atoms with E-state index in [1.165, 1.54) is 49.7 Å². The van der Waals surface area contributed by atoms with Gasteiger partial charge in [0.05, 0.1) is 33.3 Å². The Balaban J connectivity index is 1.46. The highest BCUT2D eigenvalue weighted by molar-refractivity contribution is 6.18. The van der Waals surface area contributed by atoms with Gasteiger partial charge in [0.15, 0.2) is 17.5 Å². The molecule has 3 heterocycles. The Morgan fingerprint density at radius 2 is 0.615 bits per heavy atom. The second-order valence-electron chi connectivity index (χ2n) is 29.7. The number of benzene rings is 7. The van der Waals surface area contributed by atoms with Crippen LogP contribution in [0.1, 0.15) is 184 Å². The first kappa shape index (κ1) is 54.5. The van der Waals surface area contributed by atoms with Crippen LogP contribution >= 0.6 is 0 Å². The Morgan fingerprint density at radius 3 is 0.987 bits per heavy atom. The van der Waals surface area contributed by atoms with Gasteiger partial charge in [-0.05, 0) is 162 Å². The minimum Gasteiger partial charge on any atom is -0.309 e. The number of rotatable bonds is 5. The average Bonchev–Trinajstić information content (AvgIpc) is 4.08. The minimum atomic E-state index is -0.129. The molecular formula is C73H85N5. The number of aromatic nitrogens is 5. The molecule has 0 fully saturated rings. The molecule has 0 radical (unpaired) electrons. The highest BCUT2D eigenvalue weighted by atomic mass is 15.1. The predicted molar refractivity (Wildman–Crippen MR) is 336 cm³/mol. The van der Waals surface area contributed by atoms with Crippen LogP contribution in [0.25, 0.3) is 89.2 Å². The maximum atomic E-state index is 5.88. The average molecular weight is 1030 g/mol. The van der Waals surface area contributed by atoms with Gasteiger partial charge in [-0.25, -0.2) is 15.0 Å². The van der Waals surface area contributed by atoms with Crippen LogP contribution in [0.5, 0.6) is 0 Å². The van der Waals surface area contributed by atoms with Gasteiger partial charge in [0.2, 0.25) is 0 Å².